The van der Waals surface area contributed by atoms with Gasteiger partial charge in [0.25, 0.3) is 0 Å². The van der Waals surface area contributed by atoms with Gasteiger partial charge in [0.15, 0.2) is 0 Å². The molecule has 0 radical (unpaired) electrons. The zero-order valence-corrected chi connectivity index (χ0v) is 12.2. The van der Waals surface area contributed by atoms with E-state index in [0.717, 1.165) is 50.4 Å². The second kappa shape index (κ2) is 6.54. The molecule has 1 aromatic rings. The summed E-state index contributed by atoms with van der Waals surface area (Å²) in [5.74, 6) is 2.29. The summed E-state index contributed by atoms with van der Waals surface area (Å²) < 4.78 is 0. The van der Waals surface area contributed by atoms with E-state index in [4.69, 9.17) is 5.73 Å². The van der Waals surface area contributed by atoms with Gasteiger partial charge in [-0.3, -0.25) is 4.79 Å². The van der Waals surface area contributed by atoms with Gasteiger partial charge in [-0.2, -0.15) is 0 Å². The van der Waals surface area contributed by atoms with Crippen molar-refractivity contribution in [3.8, 4) is 0 Å². The maximum Gasteiger partial charge on any atom is 0.217 e. The molecule has 0 aromatic carbocycles. The molecule has 6 nitrogen and oxygen atoms in total. The van der Waals surface area contributed by atoms with Gasteiger partial charge in [-0.15, -0.1) is 0 Å². The molecule has 0 atom stereocenters. The number of hydrogen-bond acceptors (Lipinski definition) is 5. The number of piperidine rings is 1. The number of aromatic nitrogens is 2. The third kappa shape index (κ3) is 3.82. The molecule has 0 spiro atoms. The molecule has 1 amide bonds. The predicted octanol–water partition coefficient (Wildman–Crippen LogP) is 1.12. The van der Waals surface area contributed by atoms with E-state index in [2.05, 4.69) is 27.1 Å². The molecule has 110 valence electrons. The van der Waals surface area contributed by atoms with E-state index in [-0.39, 0.29) is 11.9 Å². The van der Waals surface area contributed by atoms with E-state index in [9.17, 15) is 4.79 Å². The summed E-state index contributed by atoms with van der Waals surface area (Å²) in [6, 6.07) is 2.11. The molecule has 1 aliphatic heterocycles. The molecule has 1 fully saturated rings. The van der Waals surface area contributed by atoms with Crippen LogP contribution in [-0.4, -0.2) is 35.0 Å². The van der Waals surface area contributed by atoms with Gasteiger partial charge in [0.1, 0.15) is 17.5 Å². The number of carbonyl (C=O) groups is 1. The lowest BCUT2D eigenvalue weighted by Crippen LogP contribution is -2.44. The van der Waals surface area contributed by atoms with Crippen LogP contribution in [0.5, 0.6) is 0 Å². The number of rotatable bonds is 4. The van der Waals surface area contributed by atoms with Gasteiger partial charge in [-0.1, -0.05) is 6.92 Å². The van der Waals surface area contributed by atoms with Gasteiger partial charge in [-0.05, 0) is 19.3 Å². The van der Waals surface area contributed by atoms with Crippen LogP contribution in [0, 0.1) is 0 Å². The highest BCUT2D eigenvalue weighted by atomic mass is 16.1. The van der Waals surface area contributed by atoms with Crippen LogP contribution < -0.4 is 16.0 Å². The van der Waals surface area contributed by atoms with Crippen molar-refractivity contribution < 1.29 is 4.79 Å². The minimum atomic E-state index is 0.0416. The molecule has 2 rings (SSSR count). The van der Waals surface area contributed by atoms with Crippen LogP contribution in [0.3, 0.4) is 0 Å². The minimum Gasteiger partial charge on any atom is -0.384 e. The molecule has 20 heavy (non-hydrogen) atoms. The number of anilines is 2. The molecule has 2 heterocycles. The zero-order chi connectivity index (χ0) is 14.5. The SMILES string of the molecule is CCCc1nc(N)cc(N2CCC(NC(C)=O)CC2)n1. The normalized spacial score (nSPS) is 16.2. The standard InChI is InChI=1S/C14H23N5O/c1-3-4-13-17-12(15)9-14(18-13)19-7-5-11(6-8-19)16-10(2)20/h9,11H,3-8H2,1-2H3,(H,16,20)(H2,15,17,18). The number of carbonyl (C=O) groups excluding carboxylic acids is 1. The summed E-state index contributed by atoms with van der Waals surface area (Å²) in [6.07, 6.45) is 3.73. The second-order valence-electron chi connectivity index (χ2n) is 5.28. The summed E-state index contributed by atoms with van der Waals surface area (Å²) in [5, 5.41) is 2.97. The van der Waals surface area contributed by atoms with Crippen LogP contribution in [-0.2, 0) is 11.2 Å². The quantitative estimate of drug-likeness (QED) is 0.861. The Hall–Kier alpha value is -1.85. The van der Waals surface area contributed by atoms with Crippen molar-refractivity contribution in [1.29, 1.82) is 0 Å². The molecule has 1 aromatic heterocycles. The van der Waals surface area contributed by atoms with Crippen molar-refractivity contribution in [3.05, 3.63) is 11.9 Å². The first kappa shape index (κ1) is 14.6. The van der Waals surface area contributed by atoms with Gasteiger partial charge in [0, 0.05) is 38.5 Å². The fourth-order valence-corrected chi connectivity index (χ4v) is 2.54. The van der Waals surface area contributed by atoms with E-state index in [1.807, 2.05) is 6.07 Å². The molecule has 0 saturated carbocycles. The molecule has 0 aliphatic carbocycles. The van der Waals surface area contributed by atoms with Crippen LogP contribution in [0.2, 0.25) is 0 Å². The number of amides is 1. The Balaban J connectivity index is 2.01. The van der Waals surface area contributed by atoms with Crippen LogP contribution in [0.25, 0.3) is 0 Å². The molecule has 0 unspecified atom stereocenters. The van der Waals surface area contributed by atoms with Crippen molar-refractivity contribution in [2.75, 3.05) is 23.7 Å². The minimum absolute atomic E-state index is 0.0416. The first-order valence-electron chi connectivity index (χ1n) is 7.24. The van der Waals surface area contributed by atoms with Gasteiger partial charge in [0.2, 0.25) is 5.91 Å². The number of nitrogens with two attached hydrogens (primary N) is 1. The Labute approximate surface area is 119 Å². The Morgan fingerprint density at radius 3 is 2.75 bits per heavy atom. The highest BCUT2D eigenvalue weighted by Crippen LogP contribution is 2.20. The highest BCUT2D eigenvalue weighted by molar-refractivity contribution is 5.73. The van der Waals surface area contributed by atoms with Crippen LogP contribution in [0.15, 0.2) is 6.07 Å². The van der Waals surface area contributed by atoms with Gasteiger partial charge < -0.3 is 16.0 Å². The maximum atomic E-state index is 11.1. The van der Waals surface area contributed by atoms with Crippen molar-refractivity contribution in [1.82, 2.24) is 15.3 Å². The summed E-state index contributed by atoms with van der Waals surface area (Å²) in [7, 11) is 0. The lowest BCUT2D eigenvalue weighted by molar-refractivity contribution is -0.119. The van der Waals surface area contributed by atoms with E-state index < -0.39 is 0 Å². The van der Waals surface area contributed by atoms with Crippen LogP contribution in [0.1, 0.15) is 38.9 Å². The molecule has 1 saturated heterocycles. The lowest BCUT2D eigenvalue weighted by atomic mass is 10.1. The van der Waals surface area contributed by atoms with Gasteiger partial charge in [-0.25, -0.2) is 9.97 Å². The van der Waals surface area contributed by atoms with E-state index in [0.29, 0.717) is 5.82 Å². The van der Waals surface area contributed by atoms with Crippen LogP contribution >= 0.6 is 0 Å². The zero-order valence-electron chi connectivity index (χ0n) is 12.2. The molecular weight excluding hydrogens is 254 g/mol. The van der Waals surface area contributed by atoms with Crippen molar-refractivity contribution in [3.63, 3.8) is 0 Å². The van der Waals surface area contributed by atoms with E-state index in [1.165, 1.54) is 0 Å². The Morgan fingerprint density at radius 1 is 1.45 bits per heavy atom. The molecule has 6 heteroatoms. The number of nitrogens with zero attached hydrogens (tertiary/aromatic N) is 3. The fourth-order valence-electron chi connectivity index (χ4n) is 2.54. The molecule has 3 N–H and O–H groups in total. The average molecular weight is 277 g/mol. The summed E-state index contributed by atoms with van der Waals surface area (Å²) >= 11 is 0. The maximum absolute atomic E-state index is 11.1. The number of nitrogens with one attached hydrogen (secondary N) is 1. The van der Waals surface area contributed by atoms with Gasteiger partial charge in [0.05, 0.1) is 0 Å². The van der Waals surface area contributed by atoms with Crippen molar-refractivity contribution in [2.45, 2.75) is 45.6 Å². The number of nitrogen functional groups attached to an aromatic ring is 1. The fraction of sp³-hybridized carbons (Fsp3) is 0.643. The first-order valence-corrected chi connectivity index (χ1v) is 7.24. The smallest absolute Gasteiger partial charge is 0.217 e. The lowest BCUT2D eigenvalue weighted by Gasteiger charge is -2.33. The Kier molecular flexibility index (Phi) is 4.76. The first-order chi connectivity index (χ1) is 9.58. The number of aryl methyl sites for hydroxylation is 1. The topological polar surface area (TPSA) is 84.1 Å². The van der Waals surface area contributed by atoms with Crippen LogP contribution in [0.4, 0.5) is 11.6 Å². The Bertz CT molecular complexity index is 469. The summed E-state index contributed by atoms with van der Waals surface area (Å²) in [4.78, 5) is 22.1. The molecule has 0 bridgehead atoms. The third-order valence-electron chi connectivity index (χ3n) is 3.48. The largest absolute Gasteiger partial charge is 0.384 e. The Morgan fingerprint density at radius 2 is 2.15 bits per heavy atom. The monoisotopic (exact) mass is 277 g/mol. The average Bonchev–Trinajstić information content (AvgIpc) is 2.38. The second-order valence-corrected chi connectivity index (χ2v) is 5.28. The molecule has 1 aliphatic rings. The van der Waals surface area contributed by atoms with Crippen molar-refractivity contribution in [2.24, 2.45) is 0 Å². The van der Waals surface area contributed by atoms with Gasteiger partial charge >= 0.3 is 0 Å². The van der Waals surface area contributed by atoms with E-state index in [1.54, 1.807) is 6.92 Å². The highest BCUT2D eigenvalue weighted by Gasteiger charge is 2.21. The number of hydrogen-bond donors (Lipinski definition) is 2. The third-order valence-corrected chi connectivity index (χ3v) is 3.48. The summed E-state index contributed by atoms with van der Waals surface area (Å²) in [6.45, 7) is 5.43. The van der Waals surface area contributed by atoms with E-state index >= 15 is 0 Å². The molecular formula is C14H23N5O. The summed E-state index contributed by atoms with van der Waals surface area (Å²) in [5.41, 5.74) is 5.85. The predicted molar refractivity (Wildman–Crippen MR) is 79.5 cm³/mol. The van der Waals surface area contributed by atoms with Crippen molar-refractivity contribution >= 4 is 17.5 Å².